The molecule has 3 nitrogen and oxygen atoms in total. The van der Waals surface area contributed by atoms with Crippen LogP contribution in [0.2, 0.25) is 0 Å². The summed E-state index contributed by atoms with van der Waals surface area (Å²) in [6, 6.07) is 14.9. The molecule has 0 spiro atoms. The number of nitrogen functional groups attached to an aromatic ring is 1. The molecule has 0 aromatic heterocycles. The van der Waals surface area contributed by atoms with E-state index in [1.54, 1.807) is 13.2 Å². The van der Waals surface area contributed by atoms with Crippen molar-refractivity contribution in [1.29, 1.82) is 0 Å². The Morgan fingerprint density at radius 2 is 1.56 bits per heavy atom. The van der Waals surface area contributed by atoms with Gasteiger partial charge in [0.15, 0.2) is 5.75 Å². The minimum atomic E-state index is 0.508. The Morgan fingerprint density at radius 1 is 0.875 bits per heavy atom. The highest BCUT2D eigenvalue weighted by atomic mass is 16.5. The summed E-state index contributed by atoms with van der Waals surface area (Å²) in [5.74, 6) is 1.97. The quantitative estimate of drug-likeness (QED) is 0.800. The summed E-state index contributed by atoms with van der Waals surface area (Å²) in [5.41, 5.74) is 6.40. The molecule has 0 heterocycles. The normalized spacial score (nSPS) is 9.81. The second-order valence-electron chi connectivity index (χ2n) is 3.29. The second-order valence-corrected chi connectivity index (χ2v) is 3.29. The molecule has 2 aromatic carbocycles. The second kappa shape index (κ2) is 4.57. The third-order valence-electron chi connectivity index (χ3n) is 2.22. The van der Waals surface area contributed by atoms with Crippen LogP contribution < -0.4 is 15.2 Å². The van der Waals surface area contributed by atoms with Gasteiger partial charge in [0.1, 0.15) is 17.2 Å². The van der Waals surface area contributed by atoms with E-state index in [0.717, 1.165) is 5.75 Å². The number of methoxy groups -OCH3 is 1. The molecule has 0 unspecified atom stereocenters. The van der Waals surface area contributed by atoms with Crippen molar-refractivity contribution in [2.75, 3.05) is 12.8 Å². The summed E-state index contributed by atoms with van der Waals surface area (Å²) in [6.07, 6.45) is 0. The molecule has 0 radical (unpaired) electrons. The van der Waals surface area contributed by atoms with Gasteiger partial charge in [-0.25, -0.2) is 0 Å². The van der Waals surface area contributed by atoms with E-state index in [2.05, 4.69) is 0 Å². The number of hydrogen-bond acceptors (Lipinski definition) is 3. The van der Waals surface area contributed by atoms with Crippen LogP contribution in [0.3, 0.4) is 0 Å². The van der Waals surface area contributed by atoms with Crippen molar-refractivity contribution in [2.24, 2.45) is 0 Å². The van der Waals surface area contributed by atoms with Crippen LogP contribution in [-0.2, 0) is 0 Å². The maximum Gasteiger partial charge on any atom is 0.154 e. The van der Waals surface area contributed by atoms with Gasteiger partial charge in [-0.05, 0) is 24.3 Å². The molecule has 0 atom stereocenters. The molecule has 3 heteroatoms. The van der Waals surface area contributed by atoms with Crippen LogP contribution in [0.5, 0.6) is 17.2 Å². The van der Waals surface area contributed by atoms with Crippen molar-refractivity contribution >= 4 is 5.69 Å². The van der Waals surface area contributed by atoms with Crippen molar-refractivity contribution in [3.05, 3.63) is 48.5 Å². The van der Waals surface area contributed by atoms with E-state index in [0.29, 0.717) is 17.2 Å². The molecule has 0 fully saturated rings. The number of anilines is 1. The number of ether oxygens (including phenoxy) is 2. The number of para-hydroxylation sites is 2. The van der Waals surface area contributed by atoms with E-state index in [1.807, 2.05) is 42.5 Å². The standard InChI is InChI=1S/C13H13NO2/c1-15-11-8-5-9-12(13(11)14)16-10-6-3-2-4-7-10/h2-9H,14H2,1H3. The highest BCUT2D eigenvalue weighted by Gasteiger charge is 2.06. The molecule has 2 rings (SSSR count). The van der Waals surface area contributed by atoms with Gasteiger partial charge in [0.25, 0.3) is 0 Å². The lowest BCUT2D eigenvalue weighted by Crippen LogP contribution is -1.95. The maximum absolute atomic E-state index is 5.89. The van der Waals surface area contributed by atoms with Crippen LogP contribution in [0.1, 0.15) is 0 Å². The molecule has 16 heavy (non-hydrogen) atoms. The smallest absolute Gasteiger partial charge is 0.154 e. The lowest BCUT2D eigenvalue weighted by atomic mass is 10.2. The van der Waals surface area contributed by atoms with E-state index in [9.17, 15) is 0 Å². The summed E-state index contributed by atoms with van der Waals surface area (Å²) in [7, 11) is 1.58. The molecule has 0 amide bonds. The first-order valence-corrected chi connectivity index (χ1v) is 4.96. The van der Waals surface area contributed by atoms with Crippen LogP contribution in [0.4, 0.5) is 5.69 Å². The fraction of sp³-hybridized carbons (Fsp3) is 0.0769. The summed E-state index contributed by atoms with van der Waals surface area (Å²) in [5, 5.41) is 0. The number of rotatable bonds is 3. The molecule has 0 aliphatic rings. The lowest BCUT2D eigenvalue weighted by Gasteiger charge is -2.10. The highest BCUT2D eigenvalue weighted by molar-refractivity contribution is 5.63. The topological polar surface area (TPSA) is 44.5 Å². The predicted molar refractivity (Wildman–Crippen MR) is 63.9 cm³/mol. The summed E-state index contributed by atoms with van der Waals surface area (Å²) in [6.45, 7) is 0. The van der Waals surface area contributed by atoms with Crippen molar-refractivity contribution in [3.8, 4) is 17.2 Å². The van der Waals surface area contributed by atoms with Crippen molar-refractivity contribution in [3.63, 3.8) is 0 Å². The van der Waals surface area contributed by atoms with E-state index in [-0.39, 0.29) is 0 Å². The average Bonchev–Trinajstić information content (AvgIpc) is 2.33. The number of benzene rings is 2. The molecular weight excluding hydrogens is 202 g/mol. The molecule has 2 N–H and O–H groups in total. The van der Waals surface area contributed by atoms with Crippen LogP contribution >= 0.6 is 0 Å². The zero-order valence-electron chi connectivity index (χ0n) is 9.01. The van der Waals surface area contributed by atoms with E-state index in [4.69, 9.17) is 15.2 Å². The first-order valence-electron chi connectivity index (χ1n) is 4.96. The molecule has 0 saturated heterocycles. The van der Waals surface area contributed by atoms with Crippen LogP contribution in [0.15, 0.2) is 48.5 Å². The molecule has 82 valence electrons. The molecule has 0 saturated carbocycles. The monoisotopic (exact) mass is 215 g/mol. The summed E-state index contributed by atoms with van der Waals surface area (Å²) < 4.78 is 10.8. The van der Waals surface area contributed by atoms with Gasteiger partial charge >= 0.3 is 0 Å². The van der Waals surface area contributed by atoms with E-state index >= 15 is 0 Å². The molecular formula is C13H13NO2. The fourth-order valence-corrected chi connectivity index (χ4v) is 1.41. The molecule has 0 aliphatic heterocycles. The van der Waals surface area contributed by atoms with Gasteiger partial charge in [0, 0.05) is 0 Å². The van der Waals surface area contributed by atoms with Gasteiger partial charge in [-0.15, -0.1) is 0 Å². The van der Waals surface area contributed by atoms with Crippen LogP contribution in [0.25, 0.3) is 0 Å². The largest absolute Gasteiger partial charge is 0.494 e. The molecule has 0 bridgehead atoms. The Morgan fingerprint density at radius 3 is 2.25 bits per heavy atom. The van der Waals surface area contributed by atoms with Crippen molar-refractivity contribution in [1.82, 2.24) is 0 Å². The van der Waals surface area contributed by atoms with Gasteiger partial charge in [0.2, 0.25) is 0 Å². The Hall–Kier alpha value is -2.16. The first-order chi connectivity index (χ1) is 7.81. The van der Waals surface area contributed by atoms with Gasteiger partial charge < -0.3 is 15.2 Å². The Kier molecular flexibility index (Phi) is 2.96. The average molecular weight is 215 g/mol. The molecule has 2 aromatic rings. The van der Waals surface area contributed by atoms with Crippen molar-refractivity contribution < 1.29 is 9.47 Å². The summed E-state index contributed by atoms with van der Waals surface area (Å²) in [4.78, 5) is 0. The lowest BCUT2D eigenvalue weighted by molar-refractivity contribution is 0.412. The maximum atomic E-state index is 5.89. The Balaban J connectivity index is 2.28. The SMILES string of the molecule is COc1cccc(Oc2ccccc2)c1N. The molecule has 0 aliphatic carbocycles. The van der Waals surface area contributed by atoms with Gasteiger partial charge in [-0.3, -0.25) is 0 Å². The Bertz CT molecular complexity index is 469. The third kappa shape index (κ3) is 2.08. The van der Waals surface area contributed by atoms with Crippen LogP contribution in [0, 0.1) is 0 Å². The van der Waals surface area contributed by atoms with Crippen LogP contribution in [-0.4, -0.2) is 7.11 Å². The predicted octanol–water partition coefficient (Wildman–Crippen LogP) is 3.07. The Labute approximate surface area is 94.4 Å². The van der Waals surface area contributed by atoms with E-state index in [1.165, 1.54) is 0 Å². The number of hydrogen-bond donors (Lipinski definition) is 1. The zero-order chi connectivity index (χ0) is 11.4. The number of nitrogens with two attached hydrogens (primary N) is 1. The first kappa shape index (κ1) is 10.4. The van der Waals surface area contributed by atoms with Crippen molar-refractivity contribution in [2.45, 2.75) is 0 Å². The van der Waals surface area contributed by atoms with E-state index < -0.39 is 0 Å². The zero-order valence-corrected chi connectivity index (χ0v) is 9.01. The highest BCUT2D eigenvalue weighted by Crippen LogP contribution is 2.33. The van der Waals surface area contributed by atoms with Gasteiger partial charge in [0.05, 0.1) is 7.11 Å². The minimum absolute atomic E-state index is 0.508. The fourth-order valence-electron chi connectivity index (χ4n) is 1.41. The van der Waals surface area contributed by atoms with Gasteiger partial charge in [-0.1, -0.05) is 24.3 Å². The van der Waals surface area contributed by atoms with Gasteiger partial charge in [-0.2, -0.15) is 0 Å². The summed E-state index contributed by atoms with van der Waals surface area (Å²) >= 11 is 0. The minimum Gasteiger partial charge on any atom is -0.494 e. The third-order valence-corrected chi connectivity index (χ3v) is 2.22.